The fourth-order valence-electron chi connectivity index (χ4n) is 1.21. The van der Waals surface area contributed by atoms with Crippen LogP contribution in [0.5, 0.6) is 0 Å². The van der Waals surface area contributed by atoms with Gasteiger partial charge in [0.1, 0.15) is 0 Å². The van der Waals surface area contributed by atoms with Gasteiger partial charge in [-0.2, -0.15) is 0 Å². The van der Waals surface area contributed by atoms with Crippen LogP contribution >= 0.6 is 0 Å². The second-order valence-corrected chi connectivity index (χ2v) is 3.94. The van der Waals surface area contributed by atoms with Gasteiger partial charge in [0.25, 0.3) is 0 Å². The molecule has 1 saturated carbocycles. The van der Waals surface area contributed by atoms with Crippen LogP contribution in [0.4, 0.5) is 0 Å². The van der Waals surface area contributed by atoms with Gasteiger partial charge in [0.15, 0.2) is 11.1 Å². The van der Waals surface area contributed by atoms with Crippen molar-refractivity contribution < 1.29 is 8.76 Å². The molecule has 0 spiro atoms. The summed E-state index contributed by atoms with van der Waals surface area (Å²) in [6, 6.07) is 0. The van der Waals surface area contributed by atoms with E-state index in [4.69, 9.17) is 10.3 Å². The third-order valence-electron chi connectivity index (χ3n) is 2.06. The molecule has 0 aromatic rings. The lowest BCUT2D eigenvalue weighted by atomic mass is 10.1. The van der Waals surface area contributed by atoms with Crippen molar-refractivity contribution in [2.75, 3.05) is 12.3 Å². The average molecular weight is 163 g/mol. The molecule has 0 saturated heterocycles. The quantitative estimate of drug-likeness (QED) is 0.587. The van der Waals surface area contributed by atoms with E-state index in [1.165, 1.54) is 0 Å². The topological polar surface area (TPSA) is 63.3 Å². The Morgan fingerprint density at radius 3 is 2.50 bits per heavy atom. The zero-order chi connectivity index (χ0) is 7.61. The highest BCUT2D eigenvalue weighted by atomic mass is 32.2. The lowest BCUT2D eigenvalue weighted by Gasteiger charge is -2.09. The van der Waals surface area contributed by atoms with Gasteiger partial charge in [-0.15, -0.1) is 0 Å². The van der Waals surface area contributed by atoms with E-state index < -0.39 is 11.1 Å². The van der Waals surface area contributed by atoms with Gasteiger partial charge >= 0.3 is 0 Å². The molecular formula is C6H13NO2S. The Morgan fingerprint density at radius 1 is 1.60 bits per heavy atom. The molecule has 10 heavy (non-hydrogen) atoms. The predicted molar refractivity (Wildman–Crippen MR) is 41.0 cm³/mol. The third-order valence-corrected chi connectivity index (χ3v) is 2.92. The van der Waals surface area contributed by atoms with E-state index in [-0.39, 0.29) is 5.41 Å². The second kappa shape index (κ2) is 2.98. The minimum Gasteiger partial charge on any atom is -0.330 e. The van der Waals surface area contributed by atoms with E-state index in [1.807, 2.05) is 0 Å². The van der Waals surface area contributed by atoms with Crippen LogP contribution in [0, 0.1) is 5.41 Å². The molecule has 0 heterocycles. The highest BCUT2D eigenvalue weighted by Crippen LogP contribution is 2.48. The maximum absolute atomic E-state index is 10.4. The van der Waals surface area contributed by atoms with E-state index >= 15 is 0 Å². The van der Waals surface area contributed by atoms with E-state index in [1.54, 1.807) is 0 Å². The van der Waals surface area contributed by atoms with Crippen molar-refractivity contribution in [1.29, 1.82) is 0 Å². The van der Waals surface area contributed by atoms with Gasteiger partial charge < -0.3 is 10.3 Å². The van der Waals surface area contributed by atoms with Crippen LogP contribution in [0.2, 0.25) is 0 Å². The summed E-state index contributed by atoms with van der Waals surface area (Å²) in [6.45, 7) is 0.636. The first kappa shape index (κ1) is 8.17. The molecule has 3 N–H and O–H groups in total. The number of rotatable bonds is 4. The lowest BCUT2D eigenvalue weighted by Crippen LogP contribution is -2.16. The van der Waals surface area contributed by atoms with Gasteiger partial charge in [-0.1, -0.05) is 0 Å². The summed E-state index contributed by atoms with van der Waals surface area (Å²) in [4.78, 5) is 0. The van der Waals surface area contributed by atoms with Gasteiger partial charge in [-0.3, -0.25) is 0 Å². The maximum Gasteiger partial charge on any atom is 0.153 e. The minimum atomic E-state index is -1.63. The smallest absolute Gasteiger partial charge is 0.153 e. The molecule has 0 bridgehead atoms. The molecule has 60 valence electrons. The predicted octanol–water partition coefficient (Wildman–Crippen LogP) is 0.337. The van der Waals surface area contributed by atoms with Gasteiger partial charge in [0, 0.05) is 0 Å². The average Bonchev–Trinajstić information content (AvgIpc) is 2.47. The van der Waals surface area contributed by atoms with E-state index in [0.29, 0.717) is 12.3 Å². The van der Waals surface area contributed by atoms with Crippen LogP contribution < -0.4 is 5.73 Å². The zero-order valence-corrected chi connectivity index (χ0v) is 6.69. The molecule has 0 radical (unpaired) electrons. The number of hydrogen-bond donors (Lipinski definition) is 2. The van der Waals surface area contributed by atoms with Crippen molar-refractivity contribution in [1.82, 2.24) is 0 Å². The molecule has 3 nitrogen and oxygen atoms in total. The second-order valence-electron chi connectivity index (χ2n) is 3.00. The Kier molecular flexibility index (Phi) is 2.44. The SMILES string of the molecule is NCCC1(CS(=O)O)CC1. The zero-order valence-electron chi connectivity index (χ0n) is 5.88. The number of nitrogens with two attached hydrogens (primary N) is 1. The molecule has 0 aromatic heterocycles. The Bertz CT molecular complexity index is 145. The van der Waals surface area contributed by atoms with Crippen LogP contribution in [0.25, 0.3) is 0 Å². The van der Waals surface area contributed by atoms with Crippen LogP contribution in [-0.2, 0) is 11.1 Å². The van der Waals surface area contributed by atoms with Crippen LogP contribution in [-0.4, -0.2) is 21.1 Å². The van der Waals surface area contributed by atoms with Crippen molar-refractivity contribution in [3.8, 4) is 0 Å². The fraction of sp³-hybridized carbons (Fsp3) is 1.00. The molecule has 0 aliphatic heterocycles. The van der Waals surface area contributed by atoms with Gasteiger partial charge in [-0.25, -0.2) is 4.21 Å². The first-order valence-electron chi connectivity index (χ1n) is 3.46. The molecule has 1 rings (SSSR count). The summed E-state index contributed by atoms with van der Waals surface area (Å²) >= 11 is -1.63. The van der Waals surface area contributed by atoms with Gasteiger partial charge in [-0.05, 0) is 31.2 Å². The van der Waals surface area contributed by atoms with Crippen molar-refractivity contribution in [3.63, 3.8) is 0 Å². The van der Waals surface area contributed by atoms with Crippen molar-refractivity contribution in [2.45, 2.75) is 19.3 Å². The monoisotopic (exact) mass is 163 g/mol. The molecule has 0 aromatic carbocycles. The van der Waals surface area contributed by atoms with Crippen LogP contribution in [0.1, 0.15) is 19.3 Å². The van der Waals surface area contributed by atoms with Crippen molar-refractivity contribution in [2.24, 2.45) is 11.1 Å². The normalized spacial score (nSPS) is 24.2. The van der Waals surface area contributed by atoms with Crippen LogP contribution in [0.15, 0.2) is 0 Å². The van der Waals surface area contributed by atoms with Crippen molar-refractivity contribution in [3.05, 3.63) is 0 Å². The van der Waals surface area contributed by atoms with E-state index in [0.717, 1.165) is 19.3 Å². The standard InChI is InChI=1S/C6H13NO2S/c7-4-3-6(1-2-6)5-10(8)9/h1-5,7H2,(H,8,9). The van der Waals surface area contributed by atoms with Gasteiger partial charge in [0.2, 0.25) is 0 Å². The Morgan fingerprint density at radius 2 is 2.20 bits per heavy atom. The van der Waals surface area contributed by atoms with E-state index in [2.05, 4.69) is 0 Å². The third kappa shape index (κ3) is 2.04. The first-order valence-corrected chi connectivity index (χ1v) is 4.74. The largest absolute Gasteiger partial charge is 0.330 e. The summed E-state index contributed by atoms with van der Waals surface area (Å²) in [5.74, 6) is 0.421. The summed E-state index contributed by atoms with van der Waals surface area (Å²) in [5, 5.41) is 0. The molecular weight excluding hydrogens is 150 g/mol. The minimum absolute atomic E-state index is 0.147. The van der Waals surface area contributed by atoms with Gasteiger partial charge in [0.05, 0.1) is 5.75 Å². The van der Waals surface area contributed by atoms with Crippen LogP contribution in [0.3, 0.4) is 0 Å². The summed E-state index contributed by atoms with van der Waals surface area (Å²) in [7, 11) is 0. The Hall–Kier alpha value is 0.0700. The lowest BCUT2D eigenvalue weighted by molar-refractivity contribution is 0.498. The summed E-state index contributed by atoms with van der Waals surface area (Å²) in [5.41, 5.74) is 5.50. The maximum atomic E-state index is 10.4. The molecule has 1 fully saturated rings. The molecule has 1 unspecified atom stereocenters. The first-order chi connectivity index (χ1) is 4.68. The highest BCUT2D eigenvalue weighted by molar-refractivity contribution is 7.79. The van der Waals surface area contributed by atoms with E-state index in [9.17, 15) is 4.21 Å². The molecule has 4 heteroatoms. The molecule has 0 amide bonds. The summed E-state index contributed by atoms with van der Waals surface area (Å²) < 4.78 is 19.0. The number of hydrogen-bond acceptors (Lipinski definition) is 2. The highest BCUT2D eigenvalue weighted by Gasteiger charge is 2.42. The Labute approximate surface area is 63.3 Å². The Balaban J connectivity index is 2.30. The molecule has 1 aliphatic carbocycles. The molecule has 1 aliphatic rings. The fourth-order valence-corrected chi connectivity index (χ4v) is 2.17. The van der Waals surface area contributed by atoms with Crippen molar-refractivity contribution >= 4 is 11.1 Å². The molecule has 1 atom stereocenters. The summed E-state index contributed by atoms with van der Waals surface area (Å²) in [6.07, 6.45) is 3.06.